The van der Waals surface area contributed by atoms with Gasteiger partial charge in [-0.2, -0.15) is 0 Å². The predicted octanol–water partition coefficient (Wildman–Crippen LogP) is 2.29. The summed E-state index contributed by atoms with van der Waals surface area (Å²) in [6.45, 7) is 0.390. The van der Waals surface area contributed by atoms with Gasteiger partial charge in [-0.05, 0) is 42.7 Å². The molecule has 1 aromatic heterocycles. The lowest BCUT2D eigenvalue weighted by Crippen LogP contribution is -2.39. The van der Waals surface area contributed by atoms with E-state index in [1.807, 2.05) is 0 Å². The Bertz CT molecular complexity index is 458. The van der Waals surface area contributed by atoms with Crippen molar-refractivity contribution in [1.29, 1.82) is 0 Å². The second-order valence-electron chi connectivity index (χ2n) is 4.64. The summed E-state index contributed by atoms with van der Waals surface area (Å²) < 4.78 is 0. The third-order valence-corrected chi connectivity index (χ3v) is 4.21. The molecule has 0 aromatic carbocycles. The van der Waals surface area contributed by atoms with Gasteiger partial charge in [0, 0.05) is 17.8 Å². The van der Waals surface area contributed by atoms with Crippen LogP contribution in [0.2, 0.25) is 0 Å². The monoisotopic (exact) mass is 282 g/mol. The topological polar surface area (TPSA) is 78.4 Å². The van der Waals surface area contributed by atoms with Crippen LogP contribution in [-0.4, -0.2) is 23.7 Å². The average Bonchev–Trinajstić information content (AvgIpc) is 2.84. The average molecular weight is 282 g/mol. The Hall–Kier alpha value is -1.56. The molecule has 0 bridgehead atoms. The number of carboxylic acids is 1. The Balaban J connectivity index is 1.76. The lowest BCUT2D eigenvalue weighted by molar-refractivity contribution is -0.137. The fraction of sp³-hybridized carbons (Fsp3) is 0.538. The highest BCUT2D eigenvalue weighted by Crippen LogP contribution is 2.33. The van der Waals surface area contributed by atoms with Crippen molar-refractivity contribution in [3.05, 3.63) is 21.9 Å². The van der Waals surface area contributed by atoms with Gasteiger partial charge < -0.3 is 15.7 Å². The van der Waals surface area contributed by atoms with Gasteiger partial charge in [-0.1, -0.05) is 0 Å². The van der Waals surface area contributed by atoms with Gasteiger partial charge in [0.2, 0.25) is 0 Å². The molecule has 1 aromatic rings. The molecule has 1 heterocycles. The van der Waals surface area contributed by atoms with E-state index in [2.05, 4.69) is 22.1 Å². The Morgan fingerprint density at radius 3 is 3.11 bits per heavy atom. The molecule has 0 saturated heterocycles. The van der Waals surface area contributed by atoms with E-state index in [0.29, 0.717) is 13.0 Å². The van der Waals surface area contributed by atoms with Crippen LogP contribution in [0, 0.1) is 0 Å². The molecule has 3 N–H and O–H groups in total. The summed E-state index contributed by atoms with van der Waals surface area (Å²) in [7, 11) is 0. The minimum Gasteiger partial charge on any atom is -0.481 e. The van der Waals surface area contributed by atoms with Gasteiger partial charge in [0.25, 0.3) is 0 Å². The van der Waals surface area contributed by atoms with Crippen LogP contribution in [0.3, 0.4) is 0 Å². The molecule has 19 heavy (non-hydrogen) atoms. The molecule has 2 amide bonds. The number of carbonyl (C=O) groups excluding carboxylic acids is 1. The number of hydrogen-bond acceptors (Lipinski definition) is 3. The van der Waals surface area contributed by atoms with Crippen LogP contribution in [0.5, 0.6) is 0 Å². The van der Waals surface area contributed by atoms with Crippen molar-refractivity contribution < 1.29 is 14.7 Å². The number of rotatable bonds is 5. The molecule has 0 radical (unpaired) electrons. The minimum absolute atomic E-state index is 0.0817. The van der Waals surface area contributed by atoms with Crippen molar-refractivity contribution in [3.63, 3.8) is 0 Å². The van der Waals surface area contributed by atoms with Gasteiger partial charge in [0.05, 0.1) is 6.04 Å². The zero-order valence-corrected chi connectivity index (χ0v) is 11.5. The highest BCUT2D eigenvalue weighted by atomic mass is 32.1. The number of amides is 2. The van der Waals surface area contributed by atoms with Crippen molar-refractivity contribution in [3.8, 4) is 0 Å². The molecule has 0 aliphatic heterocycles. The summed E-state index contributed by atoms with van der Waals surface area (Å²) in [6, 6.07) is 1.96. The number of urea groups is 1. The number of aryl methyl sites for hydroxylation is 1. The van der Waals surface area contributed by atoms with Crippen LogP contribution in [-0.2, 0) is 11.2 Å². The van der Waals surface area contributed by atoms with E-state index in [9.17, 15) is 9.59 Å². The van der Waals surface area contributed by atoms with Crippen LogP contribution < -0.4 is 10.6 Å². The number of thiophene rings is 1. The van der Waals surface area contributed by atoms with Gasteiger partial charge >= 0.3 is 12.0 Å². The summed E-state index contributed by atoms with van der Waals surface area (Å²) in [5.41, 5.74) is 1.23. The molecule has 6 heteroatoms. The van der Waals surface area contributed by atoms with Gasteiger partial charge in [-0.15, -0.1) is 11.3 Å². The highest BCUT2D eigenvalue weighted by molar-refractivity contribution is 7.10. The maximum Gasteiger partial charge on any atom is 0.315 e. The Kier molecular flexibility index (Phi) is 4.79. The Morgan fingerprint density at radius 2 is 2.32 bits per heavy atom. The smallest absolute Gasteiger partial charge is 0.315 e. The third kappa shape index (κ3) is 3.96. The quantitative estimate of drug-likeness (QED) is 0.725. The molecule has 104 valence electrons. The first-order valence-corrected chi connectivity index (χ1v) is 7.37. The molecule has 0 saturated carbocycles. The molecule has 5 nitrogen and oxygen atoms in total. The van der Waals surface area contributed by atoms with Crippen molar-refractivity contribution >= 4 is 23.3 Å². The standard InChI is InChI=1S/C13H18N2O3S/c16-12(17)5-2-7-14-13(18)15-10-3-1-4-11-9(10)6-8-19-11/h6,8,10H,1-5,7H2,(H,16,17)(H2,14,15,18). The zero-order chi connectivity index (χ0) is 13.7. The van der Waals surface area contributed by atoms with Crippen molar-refractivity contribution in [2.75, 3.05) is 6.54 Å². The number of carbonyl (C=O) groups is 2. The van der Waals surface area contributed by atoms with Crippen LogP contribution in [0.4, 0.5) is 4.79 Å². The van der Waals surface area contributed by atoms with Gasteiger partial charge in [-0.3, -0.25) is 4.79 Å². The van der Waals surface area contributed by atoms with Crippen LogP contribution in [0.1, 0.15) is 42.2 Å². The third-order valence-electron chi connectivity index (χ3n) is 3.21. The van der Waals surface area contributed by atoms with Crippen molar-refractivity contribution in [1.82, 2.24) is 10.6 Å². The molecular weight excluding hydrogens is 264 g/mol. The second kappa shape index (κ2) is 6.56. The fourth-order valence-electron chi connectivity index (χ4n) is 2.29. The first-order chi connectivity index (χ1) is 9.16. The van der Waals surface area contributed by atoms with E-state index in [-0.39, 0.29) is 18.5 Å². The minimum atomic E-state index is -0.836. The molecular formula is C13H18N2O3S. The normalized spacial score (nSPS) is 17.6. The highest BCUT2D eigenvalue weighted by Gasteiger charge is 2.22. The van der Waals surface area contributed by atoms with E-state index in [1.54, 1.807) is 11.3 Å². The summed E-state index contributed by atoms with van der Waals surface area (Å²) in [4.78, 5) is 23.4. The van der Waals surface area contributed by atoms with Crippen molar-refractivity contribution in [2.45, 2.75) is 38.1 Å². The molecule has 1 atom stereocenters. The summed E-state index contributed by atoms with van der Waals surface area (Å²) in [5.74, 6) is -0.836. The SMILES string of the molecule is O=C(O)CCCNC(=O)NC1CCCc2sccc21. The molecule has 1 aliphatic rings. The number of nitrogens with one attached hydrogen (secondary N) is 2. The lowest BCUT2D eigenvalue weighted by Gasteiger charge is -2.23. The number of carboxylic acid groups (broad SMARTS) is 1. The molecule has 1 aliphatic carbocycles. The number of fused-ring (bicyclic) bond motifs is 1. The van der Waals surface area contributed by atoms with E-state index in [0.717, 1.165) is 19.3 Å². The predicted molar refractivity (Wildman–Crippen MR) is 73.4 cm³/mol. The van der Waals surface area contributed by atoms with Crippen molar-refractivity contribution in [2.24, 2.45) is 0 Å². The van der Waals surface area contributed by atoms with E-state index >= 15 is 0 Å². The lowest BCUT2D eigenvalue weighted by atomic mass is 9.94. The number of aliphatic carboxylic acids is 1. The van der Waals surface area contributed by atoms with Crippen LogP contribution in [0.15, 0.2) is 11.4 Å². The van der Waals surface area contributed by atoms with Gasteiger partial charge in [0.1, 0.15) is 0 Å². The van der Waals surface area contributed by atoms with E-state index in [1.165, 1.54) is 10.4 Å². The largest absolute Gasteiger partial charge is 0.481 e. The molecule has 2 rings (SSSR count). The first-order valence-electron chi connectivity index (χ1n) is 6.49. The molecule has 0 spiro atoms. The van der Waals surface area contributed by atoms with E-state index in [4.69, 9.17) is 5.11 Å². The zero-order valence-electron chi connectivity index (χ0n) is 10.6. The van der Waals surface area contributed by atoms with Gasteiger partial charge in [0.15, 0.2) is 0 Å². The first kappa shape index (κ1) is 13.9. The summed E-state index contributed by atoms with van der Waals surface area (Å²) in [5, 5.41) is 16.2. The molecule has 1 unspecified atom stereocenters. The summed E-state index contributed by atoms with van der Waals surface area (Å²) >= 11 is 1.74. The summed E-state index contributed by atoms with van der Waals surface area (Å²) in [6.07, 6.45) is 3.70. The number of hydrogen-bond donors (Lipinski definition) is 3. The van der Waals surface area contributed by atoms with Crippen LogP contribution >= 0.6 is 11.3 Å². The Labute approximate surface area is 116 Å². The second-order valence-corrected chi connectivity index (χ2v) is 5.64. The fourth-order valence-corrected chi connectivity index (χ4v) is 3.27. The molecule has 0 fully saturated rings. The van der Waals surface area contributed by atoms with Crippen LogP contribution in [0.25, 0.3) is 0 Å². The maximum absolute atomic E-state index is 11.7. The van der Waals surface area contributed by atoms with E-state index < -0.39 is 5.97 Å². The van der Waals surface area contributed by atoms with Gasteiger partial charge in [-0.25, -0.2) is 4.79 Å². The maximum atomic E-state index is 11.7. The Morgan fingerprint density at radius 1 is 1.47 bits per heavy atom.